The smallest absolute Gasteiger partial charge is 0.302 e. The lowest BCUT2D eigenvalue weighted by molar-refractivity contribution is -0.132. The summed E-state index contributed by atoms with van der Waals surface area (Å²) in [6, 6.07) is 20.1. The molecule has 3 aromatic carbocycles. The van der Waals surface area contributed by atoms with Crippen LogP contribution >= 0.6 is 0 Å². The molecule has 6 nitrogen and oxygen atoms in total. The van der Waals surface area contributed by atoms with E-state index in [-0.39, 0.29) is 22.7 Å². The number of fused-ring (bicyclic) bond motifs is 1. The maximum absolute atomic E-state index is 13.5. The number of ketones is 1. The van der Waals surface area contributed by atoms with E-state index in [1.54, 1.807) is 0 Å². The third kappa shape index (κ3) is 3.88. The second-order valence-electron chi connectivity index (χ2n) is 10.4. The Kier molecular flexibility index (Phi) is 5.55. The second kappa shape index (κ2) is 8.48. The Hall–Kier alpha value is -4.19. The van der Waals surface area contributed by atoms with Crippen LogP contribution in [0.1, 0.15) is 54.6 Å². The Morgan fingerprint density at radius 3 is 2.39 bits per heavy atom. The van der Waals surface area contributed by atoms with Gasteiger partial charge in [0.25, 0.3) is 5.78 Å². The number of anilines is 1. The Bertz CT molecular complexity index is 1540. The summed E-state index contributed by atoms with van der Waals surface area (Å²) < 4.78 is 0. The molecule has 0 bridgehead atoms. The number of aromatic amines is 1. The molecule has 182 valence electrons. The first kappa shape index (κ1) is 23.5. The number of carbonyl (C=O) groups is 2. The number of aliphatic hydroxyl groups is 1. The van der Waals surface area contributed by atoms with Crippen molar-refractivity contribution in [2.75, 3.05) is 4.90 Å². The highest BCUT2D eigenvalue weighted by atomic mass is 16.3. The normalized spacial score (nSPS) is 17.8. The molecule has 1 amide bonds. The van der Waals surface area contributed by atoms with Gasteiger partial charge < -0.3 is 10.1 Å². The molecule has 1 aromatic heterocycles. The highest BCUT2D eigenvalue weighted by Crippen LogP contribution is 2.42. The molecule has 1 aliphatic rings. The summed E-state index contributed by atoms with van der Waals surface area (Å²) in [6.07, 6.45) is 0. The van der Waals surface area contributed by atoms with Crippen molar-refractivity contribution in [3.8, 4) is 0 Å². The van der Waals surface area contributed by atoms with Gasteiger partial charge in [-0.3, -0.25) is 14.5 Å². The standard InChI is InChI=1S/C30H29N3O3/c1-17-11-14-22-23(15-17)32-29(31-22)33-25(19-9-7-6-8-10-19)24(27(35)28(33)36)26(34)21-16-20(30(3,4)5)13-12-18(21)2/h6-16,25,34H,1-5H3,(H,31,32)/b26-24+. The van der Waals surface area contributed by atoms with Gasteiger partial charge in [0.2, 0.25) is 5.95 Å². The van der Waals surface area contributed by atoms with Crippen molar-refractivity contribution >= 4 is 34.4 Å². The van der Waals surface area contributed by atoms with Gasteiger partial charge >= 0.3 is 5.91 Å². The van der Waals surface area contributed by atoms with Crippen LogP contribution in [-0.4, -0.2) is 26.8 Å². The first-order chi connectivity index (χ1) is 17.1. The number of imidazole rings is 1. The quantitative estimate of drug-likeness (QED) is 0.211. The van der Waals surface area contributed by atoms with Crippen molar-refractivity contribution < 1.29 is 14.7 Å². The van der Waals surface area contributed by atoms with Gasteiger partial charge in [0.1, 0.15) is 5.76 Å². The maximum Gasteiger partial charge on any atom is 0.302 e. The minimum Gasteiger partial charge on any atom is -0.507 e. The van der Waals surface area contributed by atoms with Gasteiger partial charge in [-0.25, -0.2) is 4.98 Å². The highest BCUT2D eigenvalue weighted by molar-refractivity contribution is 6.51. The number of nitrogens with one attached hydrogen (secondary N) is 1. The molecule has 1 fully saturated rings. The van der Waals surface area contributed by atoms with Crippen LogP contribution in [0.5, 0.6) is 0 Å². The fraction of sp³-hybridized carbons (Fsp3) is 0.233. The van der Waals surface area contributed by atoms with Crippen LogP contribution in [0.2, 0.25) is 0 Å². The summed E-state index contributed by atoms with van der Waals surface area (Å²) in [4.78, 5) is 36.1. The number of H-pyrrole nitrogens is 1. The molecular formula is C30H29N3O3. The SMILES string of the molecule is Cc1ccc2nc(N3C(=O)C(=O)/C(=C(/O)c4cc(C(C)(C)C)ccc4C)C3c3ccccc3)[nH]c2c1. The number of nitrogens with zero attached hydrogens (tertiary/aromatic N) is 2. The number of aliphatic hydroxyl groups excluding tert-OH is 1. The molecule has 6 heteroatoms. The summed E-state index contributed by atoms with van der Waals surface area (Å²) >= 11 is 0. The second-order valence-corrected chi connectivity index (χ2v) is 10.4. The van der Waals surface area contributed by atoms with Crippen LogP contribution in [0, 0.1) is 13.8 Å². The molecule has 0 spiro atoms. The molecular weight excluding hydrogens is 450 g/mol. The number of aromatic nitrogens is 2. The average molecular weight is 480 g/mol. The van der Waals surface area contributed by atoms with Crippen molar-refractivity contribution in [1.82, 2.24) is 9.97 Å². The predicted octanol–water partition coefficient (Wildman–Crippen LogP) is 6.10. The van der Waals surface area contributed by atoms with Crippen molar-refractivity contribution in [3.63, 3.8) is 0 Å². The van der Waals surface area contributed by atoms with Crippen LogP contribution < -0.4 is 4.90 Å². The number of benzene rings is 3. The van der Waals surface area contributed by atoms with Crippen LogP contribution in [0.4, 0.5) is 5.95 Å². The van der Waals surface area contributed by atoms with Crippen LogP contribution in [0.25, 0.3) is 16.8 Å². The molecule has 5 rings (SSSR count). The fourth-order valence-electron chi connectivity index (χ4n) is 4.71. The number of Topliss-reactive ketones (excluding diaryl/α,β-unsaturated/α-hetero) is 1. The first-order valence-corrected chi connectivity index (χ1v) is 12.0. The number of amides is 1. The monoisotopic (exact) mass is 479 g/mol. The van der Waals surface area contributed by atoms with E-state index in [0.29, 0.717) is 16.6 Å². The third-order valence-corrected chi connectivity index (χ3v) is 6.77. The molecule has 0 saturated carbocycles. The Balaban J connectivity index is 1.74. The van der Waals surface area contributed by atoms with Gasteiger partial charge in [0.05, 0.1) is 22.6 Å². The van der Waals surface area contributed by atoms with Gasteiger partial charge in [-0.1, -0.05) is 69.3 Å². The molecule has 1 atom stereocenters. The molecule has 1 unspecified atom stereocenters. The number of carbonyl (C=O) groups excluding carboxylic acids is 2. The van der Waals surface area contributed by atoms with E-state index in [1.807, 2.05) is 80.6 Å². The Labute approximate surface area is 210 Å². The zero-order valence-electron chi connectivity index (χ0n) is 21.1. The average Bonchev–Trinajstić information content (AvgIpc) is 3.36. The zero-order valence-corrected chi connectivity index (χ0v) is 21.1. The molecule has 0 aliphatic carbocycles. The van der Waals surface area contributed by atoms with Gasteiger partial charge in [0, 0.05) is 5.56 Å². The summed E-state index contributed by atoms with van der Waals surface area (Å²) in [7, 11) is 0. The van der Waals surface area contributed by atoms with E-state index in [4.69, 9.17) is 0 Å². The molecule has 4 aromatic rings. The molecule has 1 saturated heterocycles. The highest BCUT2D eigenvalue weighted by Gasteiger charge is 2.48. The van der Waals surface area contributed by atoms with Crippen molar-refractivity contribution in [2.45, 2.75) is 46.1 Å². The number of rotatable bonds is 3. The molecule has 2 heterocycles. The van der Waals surface area contributed by atoms with Gasteiger partial charge in [0.15, 0.2) is 0 Å². The summed E-state index contributed by atoms with van der Waals surface area (Å²) in [5.41, 5.74) is 5.50. The lowest BCUT2D eigenvalue weighted by Crippen LogP contribution is -2.30. The lowest BCUT2D eigenvalue weighted by Gasteiger charge is -2.24. The molecule has 0 radical (unpaired) electrons. The maximum atomic E-state index is 13.5. The van der Waals surface area contributed by atoms with Gasteiger partial charge in [-0.05, 0) is 59.7 Å². The predicted molar refractivity (Wildman–Crippen MR) is 142 cm³/mol. The minimum absolute atomic E-state index is 0.0528. The summed E-state index contributed by atoms with van der Waals surface area (Å²) in [5.74, 6) is -1.38. The topological polar surface area (TPSA) is 86.3 Å². The van der Waals surface area contributed by atoms with Crippen molar-refractivity contribution in [2.24, 2.45) is 0 Å². The van der Waals surface area contributed by atoms with E-state index in [9.17, 15) is 14.7 Å². The van der Waals surface area contributed by atoms with E-state index in [0.717, 1.165) is 22.2 Å². The van der Waals surface area contributed by atoms with Crippen LogP contribution in [-0.2, 0) is 15.0 Å². The Morgan fingerprint density at radius 2 is 1.69 bits per heavy atom. The zero-order chi connectivity index (χ0) is 25.8. The van der Waals surface area contributed by atoms with E-state index in [1.165, 1.54) is 4.90 Å². The number of hydrogen-bond acceptors (Lipinski definition) is 4. The Morgan fingerprint density at radius 1 is 0.972 bits per heavy atom. The van der Waals surface area contributed by atoms with Gasteiger partial charge in [-0.2, -0.15) is 0 Å². The fourth-order valence-corrected chi connectivity index (χ4v) is 4.71. The third-order valence-electron chi connectivity index (χ3n) is 6.77. The van der Waals surface area contributed by atoms with E-state index in [2.05, 4.69) is 30.7 Å². The minimum atomic E-state index is -0.828. The molecule has 1 aliphatic heterocycles. The molecule has 2 N–H and O–H groups in total. The number of aryl methyl sites for hydroxylation is 2. The van der Waals surface area contributed by atoms with Crippen LogP contribution in [0.3, 0.4) is 0 Å². The van der Waals surface area contributed by atoms with Crippen molar-refractivity contribution in [1.29, 1.82) is 0 Å². The lowest BCUT2D eigenvalue weighted by atomic mass is 9.84. The molecule has 36 heavy (non-hydrogen) atoms. The van der Waals surface area contributed by atoms with Crippen molar-refractivity contribution in [3.05, 3.63) is 100 Å². The van der Waals surface area contributed by atoms with E-state index >= 15 is 0 Å². The summed E-state index contributed by atoms with van der Waals surface area (Å²) in [6.45, 7) is 10.1. The largest absolute Gasteiger partial charge is 0.507 e. The van der Waals surface area contributed by atoms with Crippen LogP contribution in [0.15, 0.2) is 72.3 Å². The summed E-state index contributed by atoms with van der Waals surface area (Å²) in [5, 5.41) is 11.6. The van der Waals surface area contributed by atoms with Gasteiger partial charge in [-0.15, -0.1) is 0 Å². The first-order valence-electron chi connectivity index (χ1n) is 12.0. The number of hydrogen-bond donors (Lipinski definition) is 2. The van der Waals surface area contributed by atoms with E-state index < -0.39 is 17.7 Å².